The number of aromatic nitrogens is 4. The Labute approximate surface area is 172 Å². The van der Waals surface area contributed by atoms with Crippen molar-refractivity contribution < 1.29 is 9.53 Å². The van der Waals surface area contributed by atoms with Gasteiger partial charge in [0.2, 0.25) is 5.91 Å². The largest absolute Gasteiger partial charge is 0.483 e. The molecule has 0 aliphatic heterocycles. The summed E-state index contributed by atoms with van der Waals surface area (Å²) in [6.07, 6.45) is -0.258. The van der Waals surface area contributed by atoms with Crippen LogP contribution in [-0.4, -0.2) is 30.9 Å². The Hall–Kier alpha value is -2.39. The highest BCUT2D eigenvalue weighted by atomic mass is 32.2. The molecule has 1 aromatic carbocycles. The van der Waals surface area contributed by atoms with Gasteiger partial charge in [-0.15, -0.1) is 21.5 Å². The first-order valence-electron chi connectivity index (χ1n) is 9.02. The summed E-state index contributed by atoms with van der Waals surface area (Å²) in [5, 5.41) is 14.3. The van der Waals surface area contributed by atoms with Crippen molar-refractivity contribution in [2.75, 3.05) is 5.32 Å². The second kappa shape index (κ2) is 9.20. The van der Waals surface area contributed by atoms with Crippen LogP contribution in [0.1, 0.15) is 38.4 Å². The summed E-state index contributed by atoms with van der Waals surface area (Å²) in [7, 11) is 0. The van der Waals surface area contributed by atoms with E-state index in [-0.39, 0.29) is 17.3 Å². The first-order valence-corrected chi connectivity index (χ1v) is 10.8. The van der Waals surface area contributed by atoms with Crippen molar-refractivity contribution in [3.8, 4) is 5.75 Å². The third-order valence-electron chi connectivity index (χ3n) is 3.98. The van der Waals surface area contributed by atoms with Crippen molar-refractivity contribution in [2.24, 2.45) is 0 Å². The van der Waals surface area contributed by atoms with Crippen LogP contribution < -0.4 is 10.1 Å². The number of thiazole rings is 1. The van der Waals surface area contributed by atoms with Crippen molar-refractivity contribution in [3.63, 3.8) is 0 Å². The molecule has 0 fully saturated rings. The van der Waals surface area contributed by atoms with E-state index in [1.54, 1.807) is 0 Å². The number of nitrogens with one attached hydrogen (secondary N) is 1. The first-order chi connectivity index (χ1) is 13.5. The standard InChI is InChI=1S/C19H23N5O2S2/c1-5-24-16(13(3)26-15-9-7-6-8-10-15)22-23-19(24)28-14(4)17(25)21-18-20-12(2)11-27-18/h6-11,13-14H,5H2,1-4H3,(H,20,21,25). The summed E-state index contributed by atoms with van der Waals surface area (Å²) >= 11 is 2.79. The molecule has 3 aromatic rings. The van der Waals surface area contributed by atoms with E-state index in [1.165, 1.54) is 23.1 Å². The molecule has 2 heterocycles. The van der Waals surface area contributed by atoms with E-state index in [0.717, 1.165) is 17.3 Å². The molecule has 0 bridgehead atoms. The van der Waals surface area contributed by atoms with Crippen LogP contribution in [0.4, 0.5) is 5.13 Å². The average molecular weight is 418 g/mol. The van der Waals surface area contributed by atoms with Crippen LogP contribution in [0, 0.1) is 6.92 Å². The lowest BCUT2D eigenvalue weighted by molar-refractivity contribution is -0.115. The molecule has 2 unspecified atom stereocenters. The zero-order chi connectivity index (χ0) is 20.1. The number of anilines is 1. The monoisotopic (exact) mass is 417 g/mol. The fraction of sp³-hybridized carbons (Fsp3) is 0.368. The molecular weight excluding hydrogens is 394 g/mol. The molecule has 0 radical (unpaired) electrons. The average Bonchev–Trinajstić information content (AvgIpc) is 3.28. The molecule has 0 saturated heterocycles. The van der Waals surface area contributed by atoms with Crippen molar-refractivity contribution >= 4 is 34.1 Å². The SMILES string of the molecule is CCn1c(SC(C)C(=O)Nc2nc(C)cs2)nnc1C(C)Oc1ccccc1. The van der Waals surface area contributed by atoms with E-state index in [2.05, 4.69) is 20.5 Å². The number of amides is 1. The molecule has 7 nitrogen and oxygen atoms in total. The molecule has 148 valence electrons. The number of carbonyl (C=O) groups is 1. The van der Waals surface area contributed by atoms with Crippen molar-refractivity contribution in [1.29, 1.82) is 0 Å². The minimum absolute atomic E-state index is 0.111. The minimum atomic E-state index is -0.336. The number of hydrogen-bond acceptors (Lipinski definition) is 7. The lowest BCUT2D eigenvalue weighted by Crippen LogP contribution is -2.23. The van der Waals surface area contributed by atoms with Gasteiger partial charge in [-0.1, -0.05) is 30.0 Å². The smallest absolute Gasteiger partial charge is 0.239 e. The molecule has 0 saturated carbocycles. The molecule has 0 aliphatic carbocycles. The third kappa shape index (κ3) is 4.90. The van der Waals surface area contributed by atoms with Gasteiger partial charge in [0.15, 0.2) is 22.2 Å². The minimum Gasteiger partial charge on any atom is -0.483 e. The van der Waals surface area contributed by atoms with Gasteiger partial charge < -0.3 is 14.6 Å². The van der Waals surface area contributed by atoms with Crippen LogP contribution in [0.15, 0.2) is 40.9 Å². The maximum absolute atomic E-state index is 12.5. The third-order valence-corrected chi connectivity index (χ3v) is 5.94. The number of para-hydroxylation sites is 1. The lowest BCUT2D eigenvalue weighted by Gasteiger charge is -2.16. The second-order valence-electron chi connectivity index (χ2n) is 6.20. The van der Waals surface area contributed by atoms with Gasteiger partial charge in [0.1, 0.15) is 5.75 Å². The van der Waals surface area contributed by atoms with E-state index >= 15 is 0 Å². The fourth-order valence-corrected chi connectivity index (χ4v) is 4.18. The van der Waals surface area contributed by atoms with E-state index in [0.29, 0.717) is 16.8 Å². The Bertz CT molecular complexity index is 926. The summed E-state index contributed by atoms with van der Waals surface area (Å²) in [5.41, 5.74) is 0.892. The summed E-state index contributed by atoms with van der Waals surface area (Å²) in [6.45, 7) is 8.40. The summed E-state index contributed by atoms with van der Waals surface area (Å²) < 4.78 is 7.95. The quantitative estimate of drug-likeness (QED) is 0.550. The Morgan fingerprint density at radius 1 is 1.29 bits per heavy atom. The second-order valence-corrected chi connectivity index (χ2v) is 8.37. The number of benzene rings is 1. The van der Waals surface area contributed by atoms with Gasteiger partial charge >= 0.3 is 0 Å². The topological polar surface area (TPSA) is 81.9 Å². The maximum atomic E-state index is 12.5. The number of aryl methyl sites for hydroxylation is 1. The van der Waals surface area contributed by atoms with Gasteiger partial charge in [0.05, 0.1) is 10.9 Å². The number of hydrogen-bond donors (Lipinski definition) is 1. The molecule has 0 spiro atoms. The molecular formula is C19H23N5O2S2. The lowest BCUT2D eigenvalue weighted by atomic mass is 10.3. The van der Waals surface area contributed by atoms with Crippen LogP contribution in [0.2, 0.25) is 0 Å². The highest BCUT2D eigenvalue weighted by Crippen LogP contribution is 2.27. The first kappa shape index (κ1) is 20.3. The van der Waals surface area contributed by atoms with Gasteiger partial charge in [0, 0.05) is 11.9 Å². The van der Waals surface area contributed by atoms with E-state index in [9.17, 15) is 4.79 Å². The van der Waals surface area contributed by atoms with Gasteiger partial charge in [-0.2, -0.15) is 0 Å². The molecule has 2 atom stereocenters. The Balaban J connectivity index is 1.68. The van der Waals surface area contributed by atoms with Gasteiger partial charge in [-0.05, 0) is 39.8 Å². The van der Waals surface area contributed by atoms with E-state index in [1.807, 2.05) is 68.0 Å². The molecule has 1 N–H and O–H groups in total. The van der Waals surface area contributed by atoms with E-state index in [4.69, 9.17) is 4.74 Å². The zero-order valence-corrected chi connectivity index (χ0v) is 17.9. The molecule has 28 heavy (non-hydrogen) atoms. The summed E-state index contributed by atoms with van der Waals surface area (Å²) in [6, 6.07) is 9.62. The highest BCUT2D eigenvalue weighted by molar-refractivity contribution is 8.00. The zero-order valence-electron chi connectivity index (χ0n) is 16.2. The number of carbonyl (C=O) groups excluding carboxylic acids is 1. The van der Waals surface area contributed by atoms with E-state index < -0.39 is 0 Å². The molecule has 3 rings (SSSR count). The van der Waals surface area contributed by atoms with Crippen molar-refractivity contribution in [2.45, 2.75) is 50.8 Å². The molecule has 1 amide bonds. The summed E-state index contributed by atoms with van der Waals surface area (Å²) in [4.78, 5) is 16.7. The van der Waals surface area contributed by atoms with Gasteiger partial charge in [-0.3, -0.25) is 4.79 Å². The normalized spacial score (nSPS) is 13.1. The number of thioether (sulfide) groups is 1. The highest BCUT2D eigenvalue weighted by Gasteiger charge is 2.23. The van der Waals surface area contributed by atoms with Gasteiger partial charge in [-0.25, -0.2) is 4.98 Å². The Kier molecular flexibility index (Phi) is 6.69. The molecule has 0 aliphatic rings. The van der Waals surface area contributed by atoms with Crippen LogP contribution in [0.5, 0.6) is 5.75 Å². The van der Waals surface area contributed by atoms with Crippen molar-refractivity contribution in [3.05, 3.63) is 47.2 Å². The number of ether oxygens (including phenoxy) is 1. The Morgan fingerprint density at radius 2 is 2.04 bits per heavy atom. The number of nitrogens with zero attached hydrogens (tertiary/aromatic N) is 4. The van der Waals surface area contributed by atoms with Crippen LogP contribution in [-0.2, 0) is 11.3 Å². The summed E-state index contributed by atoms with van der Waals surface area (Å²) in [5.74, 6) is 1.40. The van der Waals surface area contributed by atoms with Crippen LogP contribution >= 0.6 is 23.1 Å². The molecule has 9 heteroatoms. The van der Waals surface area contributed by atoms with Crippen molar-refractivity contribution in [1.82, 2.24) is 19.7 Å². The number of rotatable bonds is 8. The predicted molar refractivity (Wildman–Crippen MR) is 112 cm³/mol. The Morgan fingerprint density at radius 3 is 2.68 bits per heavy atom. The van der Waals surface area contributed by atoms with Crippen LogP contribution in [0.25, 0.3) is 0 Å². The predicted octanol–water partition coefficient (Wildman–Crippen LogP) is 4.32. The molecule has 2 aromatic heterocycles. The fourth-order valence-electron chi connectivity index (χ4n) is 2.57. The maximum Gasteiger partial charge on any atom is 0.239 e. The van der Waals surface area contributed by atoms with Crippen LogP contribution in [0.3, 0.4) is 0 Å². The van der Waals surface area contributed by atoms with Gasteiger partial charge in [0.25, 0.3) is 0 Å².